The van der Waals surface area contributed by atoms with Crippen LogP contribution in [0.2, 0.25) is 0 Å². The Morgan fingerprint density at radius 1 is 1.39 bits per heavy atom. The van der Waals surface area contributed by atoms with Crippen molar-refractivity contribution >= 4 is 12.1 Å². The van der Waals surface area contributed by atoms with Crippen molar-refractivity contribution in [2.24, 2.45) is 22.7 Å². The Labute approximate surface area is 139 Å². The van der Waals surface area contributed by atoms with Crippen LogP contribution in [-0.2, 0) is 9.59 Å². The SMILES string of the molecule is CC1=CC[C@@H]2C(C)(C)[C@H](O)C(=O)C[C@]2(C)[C@@H]1CC/C(C)=C\C=O. The number of allylic oxidation sites excluding steroid dienone is 4. The van der Waals surface area contributed by atoms with Gasteiger partial charge in [0.1, 0.15) is 12.4 Å². The molecule has 0 amide bonds. The van der Waals surface area contributed by atoms with Gasteiger partial charge in [0.25, 0.3) is 0 Å². The third kappa shape index (κ3) is 3.08. The summed E-state index contributed by atoms with van der Waals surface area (Å²) in [4.78, 5) is 23.1. The highest BCUT2D eigenvalue weighted by molar-refractivity contribution is 5.85. The highest BCUT2D eigenvalue weighted by Crippen LogP contribution is 2.59. The van der Waals surface area contributed by atoms with E-state index in [9.17, 15) is 14.7 Å². The number of hydrogen-bond donors (Lipinski definition) is 1. The summed E-state index contributed by atoms with van der Waals surface area (Å²) in [6.07, 6.45) is 7.10. The zero-order valence-electron chi connectivity index (χ0n) is 15.1. The fourth-order valence-corrected chi connectivity index (χ4v) is 5.08. The zero-order valence-corrected chi connectivity index (χ0v) is 15.1. The molecule has 0 aliphatic heterocycles. The molecule has 3 heteroatoms. The van der Waals surface area contributed by atoms with E-state index in [4.69, 9.17) is 0 Å². The normalized spacial score (nSPS) is 37.1. The number of ketones is 1. The number of aldehydes is 1. The molecule has 0 aromatic carbocycles. The molecule has 0 aromatic heterocycles. The van der Waals surface area contributed by atoms with Gasteiger partial charge in [-0.15, -0.1) is 0 Å². The molecule has 0 unspecified atom stereocenters. The molecule has 2 aliphatic rings. The lowest BCUT2D eigenvalue weighted by molar-refractivity contribution is -0.159. The molecule has 1 saturated carbocycles. The van der Waals surface area contributed by atoms with Gasteiger partial charge < -0.3 is 5.11 Å². The number of carbonyl (C=O) groups is 2. The van der Waals surface area contributed by atoms with Crippen LogP contribution in [0, 0.1) is 22.7 Å². The smallest absolute Gasteiger partial charge is 0.162 e. The van der Waals surface area contributed by atoms with Crippen LogP contribution >= 0.6 is 0 Å². The van der Waals surface area contributed by atoms with Gasteiger partial charge in [-0.3, -0.25) is 9.59 Å². The van der Waals surface area contributed by atoms with E-state index in [1.54, 1.807) is 6.08 Å². The molecule has 1 fully saturated rings. The maximum Gasteiger partial charge on any atom is 0.162 e. The minimum atomic E-state index is -0.857. The first-order valence-electron chi connectivity index (χ1n) is 8.63. The molecule has 1 N–H and O–H groups in total. The first kappa shape index (κ1) is 18.1. The van der Waals surface area contributed by atoms with E-state index in [0.717, 1.165) is 31.1 Å². The average Bonchev–Trinajstić information content (AvgIpc) is 2.44. The Hall–Kier alpha value is -1.22. The number of fused-ring (bicyclic) bond motifs is 1. The maximum atomic E-state index is 12.4. The highest BCUT2D eigenvalue weighted by Gasteiger charge is 2.57. The van der Waals surface area contributed by atoms with Gasteiger partial charge in [0.15, 0.2) is 5.78 Å². The minimum absolute atomic E-state index is 0.0198. The number of aliphatic hydroxyl groups is 1. The summed E-state index contributed by atoms with van der Waals surface area (Å²) in [5, 5.41) is 10.4. The Balaban J connectivity index is 2.33. The number of rotatable bonds is 4. The molecule has 0 aromatic rings. The molecule has 0 heterocycles. The van der Waals surface area contributed by atoms with Crippen LogP contribution in [0.5, 0.6) is 0 Å². The van der Waals surface area contributed by atoms with E-state index in [1.807, 2.05) is 20.8 Å². The van der Waals surface area contributed by atoms with Crippen LogP contribution in [-0.4, -0.2) is 23.3 Å². The van der Waals surface area contributed by atoms with Crippen molar-refractivity contribution < 1.29 is 14.7 Å². The second-order valence-corrected chi connectivity index (χ2v) is 8.35. The van der Waals surface area contributed by atoms with E-state index in [2.05, 4.69) is 19.9 Å². The van der Waals surface area contributed by atoms with Gasteiger partial charge in [-0.1, -0.05) is 38.0 Å². The van der Waals surface area contributed by atoms with E-state index in [-0.39, 0.29) is 11.2 Å². The quantitative estimate of drug-likeness (QED) is 0.486. The number of carbonyl (C=O) groups excluding carboxylic acids is 2. The molecule has 3 nitrogen and oxygen atoms in total. The molecule has 0 bridgehead atoms. The third-order valence-electron chi connectivity index (χ3n) is 6.46. The lowest BCUT2D eigenvalue weighted by atomic mass is 9.47. The van der Waals surface area contributed by atoms with Gasteiger partial charge in [0.05, 0.1) is 0 Å². The monoisotopic (exact) mass is 318 g/mol. The summed E-state index contributed by atoms with van der Waals surface area (Å²) in [6.45, 7) is 10.4. The van der Waals surface area contributed by atoms with Crippen molar-refractivity contribution in [3.8, 4) is 0 Å². The first-order chi connectivity index (χ1) is 10.6. The van der Waals surface area contributed by atoms with Gasteiger partial charge >= 0.3 is 0 Å². The summed E-state index contributed by atoms with van der Waals surface area (Å²) in [7, 11) is 0. The topological polar surface area (TPSA) is 54.4 Å². The van der Waals surface area contributed by atoms with Crippen LogP contribution < -0.4 is 0 Å². The number of hydrogen-bond acceptors (Lipinski definition) is 3. The first-order valence-corrected chi connectivity index (χ1v) is 8.63. The predicted molar refractivity (Wildman–Crippen MR) is 91.9 cm³/mol. The van der Waals surface area contributed by atoms with Crippen molar-refractivity contribution in [1.29, 1.82) is 0 Å². The van der Waals surface area contributed by atoms with Gasteiger partial charge in [0, 0.05) is 11.8 Å². The lowest BCUT2D eigenvalue weighted by Gasteiger charge is -2.57. The minimum Gasteiger partial charge on any atom is -0.385 e. The largest absolute Gasteiger partial charge is 0.385 e. The van der Waals surface area contributed by atoms with Gasteiger partial charge in [-0.25, -0.2) is 0 Å². The molecule has 0 spiro atoms. The van der Waals surface area contributed by atoms with Crippen molar-refractivity contribution in [3.05, 3.63) is 23.3 Å². The molecule has 2 rings (SSSR count). The lowest BCUT2D eigenvalue weighted by Crippen LogP contribution is -2.58. The summed E-state index contributed by atoms with van der Waals surface area (Å²) in [5.41, 5.74) is 1.93. The number of Topliss-reactive ketones (excluding diaryl/α,β-unsaturated/α-hetero) is 1. The van der Waals surface area contributed by atoms with E-state index < -0.39 is 11.5 Å². The fourth-order valence-electron chi connectivity index (χ4n) is 5.08. The molecule has 128 valence electrons. The van der Waals surface area contributed by atoms with E-state index >= 15 is 0 Å². The van der Waals surface area contributed by atoms with Crippen molar-refractivity contribution in [1.82, 2.24) is 0 Å². The Kier molecular flexibility index (Phi) is 5.00. The van der Waals surface area contributed by atoms with E-state index in [1.165, 1.54) is 5.57 Å². The van der Waals surface area contributed by atoms with Crippen LogP contribution in [0.1, 0.15) is 60.3 Å². The standard InChI is InChI=1S/C20H30O3/c1-13(10-11-21)6-8-15-14(2)7-9-17-19(3,4)18(23)16(22)12-20(15,17)5/h7,10-11,15,17-18,23H,6,8-9,12H2,1-5H3/b13-10-/t15-,17-,18-,20-/m1/s1. The van der Waals surface area contributed by atoms with Crippen LogP contribution in [0.3, 0.4) is 0 Å². The van der Waals surface area contributed by atoms with Gasteiger partial charge in [0.2, 0.25) is 0 Å². The molecule has 23 heavy (non-hydrogen) atoms. The molecule has 0 radical (unpaired) electrons. The second-order valence-electron chi connectivity index (χ2n) is 8.35. The van der Waals surface area contributed by atoms with Gasteiger partial charge in [-0.2, -0.15) is 0 Å². The van der Waals surface area contributed by atoms with Crippen molar-refractivity contribution in [2.45, 2.75) is 66.4 Å². The summed E-state index contributed by atoms with van der Waals surface area (Å²) < 4.78 is 0. The van der Waals surface area contributed by atoms with Crippen molar-refractivity contribution in [2.75, 3.05) is 0 Å². The van der Waals surface area contributed by atoms with Crippen molar-refractivity contribution in [3.63, 3.8) is 0 Å². The van der Waals surface area contributed by atoms with Gasteiger partial charge in [-0.05, 0) is 56.4 Å². The highest BCUT2D eigenvalue weighted by atomic mass is 16.3. The molecular weight excluding hydrogens is 288 g/mol. The number of aliphatic hydroxyl groups excluding tert-OH is 1. The third-order valence-corrected chi connectivity index (χ3v) is 6.46. The zero-order chi connectivity index (χ0) is 17.4. The molecule has 2 aliphatic carbocycles. The van der Waals surface area contributed by atoms with Crippen LogP contribution in [0.25, 0.3) is 0 Å². The second kappa shape index (κ2) is 6.35. The predicted octanol–water partition coefficient (Wildman–Crippen LogP) is 3.86. The molecule has 0 saturated heterocycles. The summed E-state index contributed by atoms with van der Waals surface area (Å²) >= 11 is 0. The summed E-state index contributed by atoms with van der Waals surface area (Å²) in [5.74, 6) is 0.604. The summed E-state index contributed by atoms with van der Waals surface area (Å²) in [6, 6.07) is 0. The fraction of sp³-hybridized carbons (Fsp3) is 0.700. The van der Waals surface area contributed by atoms with Crippen LogP contribution in [0.15, 0.2) is 23.3 Å². The maximum absolute atomic E-state index is 12.4. The Morgan fingerprint density at radius 2 is 2.04 bits per heavy atom. The Bertz CT molecular complexity index is 555. The average molecular weight is 318 g/mol. The van der Waals surface area contributed by atoms with Crippen LogP contribution in [0.4, 0.5) is 0 Å². The Morgan fingerprint density at radius 3 is 2.65 bits per heavy atom. The van der Waals surface area contributed by atoms with E-state index in [0.29, 0.717) is 18.3 Å². The molecular formula is C20H30O3. The molecule has 4 atom stereocenters.